The van der Waals surface area contributed by atoms with E-state index in [0.29, 0.717) is 5.13 Å². The van der Waals surface area contributed by atoms with Crippen LogP contribution in [0, 0.1) is 10.1 Å². The number of nitro benzene ring substituents is 1. The summed E-state index contributed by atoms with van der Waals surface area (Å²) in [4.78, 5) is 26.9. The van der Waals surface area contributed by atoms with Gasteiger partial charge in [0.15, 0.2) is 5.13 Å². The molecule has 0 aliphatic carbocycles. The minimum absolute atomic E-state index is 0.0201. The number of nitrogens with one attached hydrogen (secondary N) is 1. The van der Waals surface area contributed by atoms with Gasteiger partial charge >= 0.3 is 0 Å². The molecule has 9 heteroatoms. The first kappa shape index (κ1) is 17.5. The molecule has 1 amide bonds. The van der Waals surface area contributed by atoms with Gasteiger partial charge in [0.25, 0.3) is 11.6 Å². The SMILES string of the molecule is O=C(Nc1nc(-c2ccc(Br)cc2)cs1)c1ccc(Cl)c([N+](=O)[O-])c1. The normalized spacial score (nSPS) is 10.5. The number of hydrogen-bond donors (Lipinski definition) is 1. The molecule has 25 heavy (non-hydrogen) atoms. The smallest absolute Gasteiger partial charge is 0.288 e. The van der Waals surface area contributed by atoms with Gasteiger partial charge in [-0.05, 0) is 24.3 Å². The summed E-state index contributed by atoms with van der Waals surface area (Å²) in [6, 6.07) is 11.5. The Labute approximate surface area is 159 Å². The topological polar surface area (TPSA) is 85.1 Å². The van der Waals surface area contributed by atoms with Crippen molar-refractivity contribution in [2.45, 2.75) is 0 Å². The molecule has 0 unspecified atom stereocenters. The van der Waals surface area contributed by atoms with Crippen LogP contribution in [0.3, 0.4) is 0 Å². The molecule has 0 bridgehead atoms. The van der Waals surface area contributed by atoms with E-state index in [1.807, 2.05) is 29.6 Å². The fraction of sp³-hybridized carbons (Fsp3) is 0. The Kier molecular flexibility index (Phi) is 5.12. The van der Waals surface area contributed by atoms with E-state index in [1.165, 1.54) is 23.5 Å². The van der Waals surface area contributed by atoms with E-state index in [1.54, 1.807) is 0 Å². The quantitative estimate of drug-likeness (QED) is 0.437. The van der Waals surface area contributed by atoms with Gasteiger partial charge < -0.3 is 0 Å². The van der Waals surface area contributed by atoms with E-state index in [4.69, 9.17) is 11.6 Å². The zero-order valence-corrected chi connectivity index (χ0v) is 15.6. The zero-order chi connectivity index (χ0) is 18.0. The number of nitrogens with zero attached hydrogens (tertiary/aromatic N) is 2. The van der Waals surface area contributed by atoms with E-state index < -0.39 is 10.8 Å². The molecule has 0 atom stereocenters. The van der Waals surface area contributed by atoms with Crippen molar-refractivity contribution in [1.29, 1.82) is 0 Å². The number of carbonyl (C=O) groups excluding carboxylic acids is 1. The third-order valence-electron chi connectivity index (χ3n) is 3.27. The highest BCUT2D eigenvalue weighted by atomic mass is 79.9. The van der Waals surface area contributed by atoms with E-state index in [-0.39, 0.29) is 16.3 Å². The average Bonchev–Trinajstić information content (AvgIpc) is 3.04. The lowest BCUT2D eigenvalue weighted by atomic mass is 10.2. The molecule has 0 aliphatic rings. The van der Waals surface area contributed by atoms with Crippen molar-refractivity contribution in [3.63, 3.8) is 0 Å². The highest BCUT2D eigenvalue weighted by Gasteiger charge is 2.17. The molecule has 0 fully saturated rings. The molecule has 0 saturated carbocycles. The van der Waals surface area contributed by atoms with Crippen LogP contribution in [-0.2, 0) is 0 Å². The fourth-order valence-electron chi connectivity index (χ4n) is 2.05. The summed E-state index contributed by atoms with van der Waals surface area (Å²) in [6.07, 6.45) is 0. The monoisotopic (exact) mass is 437 g/mol. The van der Waals surface area contributed by atoms with Crippen molar-refractivity contribution in [3.05, 3.63) is 73.0 Å². The molecule has 2 aromatic carbocycles. The number of anilines is 1. The van der Waals surface area contributed by atoms with Gasteiger partial charge in [0.1, 0.15) is 5.02 Å². The van der Waals surface area contributed by atoms with E-state index >= 15 is 0 Å². The molecule has 1 N–H and O–H groups in total. The number of amides is 1. The maximum atomic E-state index is 12.3. The summed E-state index contributed by atoms with van der Waals surface area (Å²) in [5.41, 5.74) is 1.47. The van der Waals surface area contributed by atoms with Gasteiger partial charge in [-0.2, -0.15) is 0 Å². The van der Waals surface area contributed by atoms with Gasteiger partial charge in [0.2, 0.25) is 0 Å². The van der Waals surface area contributed by atoms with Gasteiger partial charge in [-0.15, -0.1) is 11.3 Å². The molecule has 0 spiro atoms. The second-order valence-corrected chi connectivity index (χ2v) is 7.10. The molecule has 0 saturated heterocycles. The van der Waals surface area contributed by atoms with Gasteiger partial charge in [0, 0.05) is 27.0 Å². The Morgan fingerprint density at radius 2 is 1.96 bits per heavy atom. The molecular formula is C16H9BrClN3O3S. The first-order valence-corrected chi connectivity index (χ1v) is 8.96. The van der Waals surface area contributed by atoms with E-state index in [0.717, 1.165) is 21.8 Å². The minimum atomic E-state index is -0.631. The Bertz CT molecular complexity index is 960. The number of nitro groups is 1. The molecule has 1 heterocycles. The van der Waals surface area contributed by atoms with Gasteiger partial charge in [-0.3, -0.25) is 20.2 Å². The second-order valence-electron chi connectivity index (χ2n) is 4.92. The van der Waals surface area contributed by atoms with E-state index in [2.05, 4.69) is 26.2 Å². The number of thiazole rings is 1. The maximum Gasteiger partial charge on any atom is 0.288 e. The highest BCUT2D eigenvalue weighted by molar-refractivity contribution is 9.10. The Morgan fingerprint density at radius 3 is 2.64 bits per heavy atom. The lowest BCUT2D eigenvalue weighted by molar-refractivity contribution is -0.384. The molecule has 3 rings (SSSR count). The summed E-state index contributed by atoms with van der Waals surface area (Å²) in [5, 5.41) is 15.8. The van der Waals surface area contributed by atoms with Crippen LogP contribution in [0.1, 0.15) is 10.4 Å². The summed E-state index contributed by atoms with van der Waals surface area (Å²) >= 11 is 10.4. The third kappa shape index (κ3) is 4.04. The van der Waals surface area contributed by atoms with Gasteiger partial charge in [-0.25, -0.2) is 4.98 Å². The van der Waals surface area contributed by atoms with Crippen LogP contribution in [0.2, 0.25) is 5.02 Å². The Balaban J connectivity index is 1.79. The Morgan fingerprint density at radius 1 is 1.24 bits per heavy atom. The first-order valence-electron chi connectivity index (χ1n) is 6.91. The second kappa shape index (κ2) is 7.30. The Hall–Kier alpha value is -2.29. The van der Waals surface area contributed by atoms with Crippen molar-refractivity contribution in [1.82, 2.24) is 4.98 Å². The van der Waals surface area contributed by atoms with E-state index in [9.17, 15) is 14.9 Å². The summed E-state index contributed by atoms with van der Waals surface area (Å²) in [6.45, 7) is 0. The van der Waals surface area contributed by atoms with Crippen molar-refractivity contribution in [3.8, 4) is 11.3 Å². The largest absolute Gasteiger partial charge is 0.298 e. The number of hydrogen-bond acceptors (Lipinski definition) is 5. The number of rotatable bonds is 4. The van der Waals surface area contributed by atoms with Crippen LogP contribution >= 0.6 is 38.9 Å². The molecule has 6 nitrogen and oxygen atoms in total. The number of benzene rings is 2. The van der Waals surface area contributed by atoms with Crippen molar-refractivity contribution >= 4 is 55.6 Å². The summed E-state index contributed by atoms with van der Waals surface area (Å²) in [5.74, 6) is -0.489. The number of halogens is 2. The zero-order valence-electron chi connectivity index (χ0n) is 12.4. The lowest BCUT2D eigenvalue weighted by Crippen LogP contribution is -2.12. The minimum Gasteiger partial charge on any atom is -0.298 e. The summed E-state index contributed by atoms with van der Waals surface area (Å²) in [7, 11) is 0. The van der Waals surface area contributed by atoms with Crippen LogP contribution in [-0.4, -0.2) is 15.8 Å². The van der Waals surface area contributed by atoms with Gasteiger partial charge in [-0.1, -0.05) is 39.7 Å². The lowest BCUT2D eigenvalue weighted by Gasteiger charge is -2.02. The van der Waals surface area contributed by atoms with Gasteiger partial charge in [0.05, 0.1) is 10.6 Å². The van der Waals surface area contributed by atoms with Crippen LogP contribution in [0.4, 0.5) is 10.8 Å². The van der Waals surface area contributed by atoms with Crippen LogP contribution in [0.15, 0.2) is 52.3 Å². The third-order valence-corrected chi connectivity index (χ3v) is 4.88. The highest BCUT2D eigenvalue weighted by Crippen LogP contribution is 2.28. The average molecular weight is 439 g/mol. The molecular weight excluding hydrogens is 430 g/mol. The fourth-order valence-corrected chi connectivity index (χ4v) is 3.21. The molecule has 0 radical (unpaired) electrons. The van der Waals surface area contributed by atoms with Crippen molar-refractivity contribution in [2.75, 3.05) is 5.32 Å². The summed E-state index contributed by atoms with van der Waals surface area (Å²) < 4.78 is 0.962. The number of aromatic nitrogens is 1. The molecule has 126 valence electrons. The molecule has 3 aromatic rings. The van der Waals surface area contributed by atoms with Crippen LogP contribution < -0.4 is 5.32 Å². The number of carbonyl (C=O) groups is 1. The maximum absolute atomic E-state index is 12.3. The predicted molar refractivity (Wildman–Crippen MR) is 101 cm³/mol. The molecule has 1 aromatic heterocycles. The predicted octanol–water partition coefficient (Wildman–Crippen LogP) is 5.39. The van der Waals surface area contributed by atoms with Crippen molar-refractivity contribution in [2.24, 2.45) is 0 Å². The molecule has 0 aliphatic heterocycles. The first-order chi connectivity index (χ1) is 11.9. The van der Waals surface area contributed by atoms with Crippen molar-refractivity contribution < 1.29 is 9.72 Å². The van der Waals surface area contributed by atoms with Crippen LogP contribution in [0.5, 0.6) is 0 Å². The van der Waals surface area contributed by atoms with Crippen LogP contribution in [0.25, 0.3) is 11.3 Å². The standard InChI is InChI=1S/C16H9BrClN3O3S/c17-11-4-1-9(2-5-11)13-8-25-16(19-13)20-15(22)10-3-6-12(18)14(7-10)21(23)24/h1-8H,(H,19,20,22).